The fourth-order valence-corrected chi connectivity index (χ4v) is 3.96. The van der Waals surface area contributed by atoms with Gasteiger partial charge in [-0.2, -0.15) is 0 Å². The second-order valence-electron chi connectivity index (χ2n) is 6.75. The van der Waals surface area contributed by atoms with E-state index in [9.17, 15) is 9.90 Å². The van der Waals surface area contributed by atoms with Crippen LogP contribution in [0.1, 0.15) is 24.8 Å². The fraction of sp³-hybridized carbons (Fsp3) is 0.588. The second-order valence-corrected chi connectivity index (χ2v) is 6.75. The molecule has 2 aliphatic carbocycles. The van der Waals surface area contributed by atoms with Crippen LogP contribution in [0.5, 0.6) is 0 Å². The van der Waals surface area contributed by atoms with Crippen LogP contribution in [0, 0.1) is 17.8 Å². The molecule has 3 N–H and O–H groups in total. The molecule has 1 heterocycles. The van der Waals surface area contributed by atoms with Gasteiger partial charge in [-0.05, 0) is 30.2 Å². The molecule has 3 fully saturated rings. The predicted molar refractivity (Wildman–Crippen MR) is 79.5 cm³/mol. The summed E-state index contributed by atoms with van der Waals surface area (Å²) in [6, 6.07) is 9.69. The molecule has 0 bridgehead atoms. The number of piperidine rings is 1. The highest BCUT2D eigenvalue weighted by atomic mass is 16.3. The molecule has 4 atom stereocenters. The van der Waals surface area contributed by atoms with E-state index in [2.05, 4.69) is 10.6 Å². The zero-order chi connectivity index (χ0) is 14.4. The number of carbonyl (C=O) groups excluding carboxylic acids is 1. The summed E-state index contributed by atoms with van der Waals surface area (Å²) in [4.78, 5) is 12.8. The van der Waals surface area contributed by atoms with Crippen LogP contribution in [0.3, 0.4) is 0 Å². The van der Waals surface area contributed by atoms with Crippen molar-refractivity contribution in [2.75, 3.05) is 13.1 Å². The van der Waals surface area contributed by atoms with E-state index in [1.165, 1.54) is 0 Å². The molecule has 21 heavy (non-hydrogen) atoms. The summed E-state index contributed by atoms with van der Waals surface area (Å²) in [7, 11) is 0. The first-order chi connectivity index (χ1) is 10.2. The van der Waals surface area contributed by atoms with E-state index in [0.717, 1.165) is 37.9 Å². The monoisotopic (exact) mass is 286 g/mol. The van der Waals surface area contributed by atoms with Crippen LogP contribution in [-0.2, 0) is 10.4 Å². The first-order valence-corrected chi connectivity index (χ1v) is 8.01. The molecule has 4 heteroatoms. The second kappa shape index (κ2) is 4.82. The van der Waals surface area contributed by atoms with Crippen LogP contribution >= 0.6 is 0 Å². The van der Waals surface area contributed by atoms with Crippen molar-refractivity contribution < 1.29 is 9.90 Å². The summed E-state index contributed by atoms with van der Waals surface area (Å²) in [6.07, 6.45) is 2.96. The molecule has 0 radical (unpaired) electrons. The van der Waals surface area contributed by atoms with Crippen LogP contribution in [-0.4, -0.2) is 30.1 Å². The third-order valence-electron chi connectivity index (χ3n) is 5.65. The average Bonchev–Trinajstić information content (AvgIpc) is 2.88. The van der Waals surface area contributed by atoms with Crippen LogP contribution in [0.25, 0.3) is 0 Å². The van der Waals surface area contributed by atoms with Gasteiger partial charge in [-0.25, -0.2) is 0 Å². The Hall–Kier alpha value is -1.39. The first kappa shape index (κ1) is 13.3. The first-order valence-electron chi connectivity index (χ1n) is 8.01. The van der Waals surface area contributed by atoms with Gasteiger partial charge in [-0.15, -0.1) is 0 Å². The van der Waals surface area contributed by atoms with Crippen molar-refractivity contribution in [1.29, 1.82) is 0 Å². The molecule has 4 nitrogen and oxygen atoms in total. The zero-order valence-electron chi connectivity index (χ0n) is 12.1. The third kappa shape index (κ3) is 2.00. The lowest BCUT2D eigenvalue weighted by molar-refractivity contribution is -0.152. The maximum Gasteiger partial charge on any atom is 0.257 e. The number of rotatable bonds is 4. The van der Waals surface area contributed by atoms with Gasteiger partial charge in [0.1, 0.15) is 0 Å². The summed E-state index contributed by atoms with van der Waals surface area (Å²) in [5.74, 6) is 0.986. The Morgan fingerprint density at radius 3 is 2.43 bits per heavy atom. The van der Waals surface area contributed by atoms with Crippen LogP contribution < -0.4 is 10.6 Å². The molecule has 1 saturated heterocycles. The Balaban J connectivity index is 1.56. The zero-order valence-corrected chi connectivity index (χ0v) is 12.1. The van der Waals surface area contributed by atoms with Gasteiger partial charge in [0.25, 0.3) is 5.91 Å². The van der Waals surface area contributed by atoms with Crippen molar-refractivity contribution in [3.8, 4) is 0 Å². The SMILES string of the molecule is O=C(NC1C2CNC[C@@H]21)C(O)(c1ccccc1)C1CCC1. The number of carbonyl (C=O) groups is 1. The number of nitrogens with one attached hydrogen (secondary N) is 2. The molecule has 1 aromatic carbocycles. The van der Waals surface area contributed by atoms with Gasteiger partial charge in [-0.1, -0.05) is 36.8 Å². The normalized spacial score (nSPS) is 33.7. The number of fused-ring (bicyclic) bond motifs is 1. The fourth-order valence-electron chi connectivity index (χ4n) is 3.96. The van der Waals surface area contributed by atoms with Gasteiger partial charge < -0.3 is 15.7 Å². The summed E-state index contributed by atoms with van der Waals surface area (Å²) >= 11 is 0. The molecule has 0 aromatic heterocycles. The quantitative estimate of drug-likeness (QED) is 0.774. The van der Waals surface area contributed by atoms with Gasteiger partial charge in [0, 0.05) is 25.0 Å². The smallest absolute Gasteiger partial charge is 0.257 e. The van der Waals surface area contributed by atoms with Gasteiger partial charge in [0.05, 0.1) is 0 Å². The highest BCUT2D eigenvalue weighted by molar-refractivity contribution is 5.87. The van der Waals surface area contributed by atoms with E-state index in [4.69, 9.17) is 0 Å². The molecular weight excluding hydrogens is 264 g/mol. The highest BCUT2D eigenvalue weighted by Crippen LogP contribution is 2.45. The highest BCUT2D eigenvalue weighted by Gasteiger charge is 2.56. The van der Waals surface area contributed by atoms with Crippen molar-refractivity contribution in [3.05, 3.63) is 35.9 Å². The lowest BCUT2D eigenvalue weighted by Crippen LogP contribution is -2.53. The Kier molecular flexibility index (Phi) is 3.05. The Bertz CT molecular complexity index is 533. The summed E-state index contributed by atoms with van der Waals surface area (Å²) < 4.78 is 0. The van der Waals surface area contributed by atoms with E-state index in [-0.39, 0.29) is 17.9 Å². The van der Waals surface area contributed by atoms with Gasteiger partial charge in [-0.3, -0.25) is 4.79 Å². The molecule has 3 aliphatic rings. The van der Waals surface area contributed by atoms with Crippen LogP contribution in [0.2, 0.25) is 0 Å². The number of hydrogen-bond donors (Lipinski definition) is 3. The van der Waals surface area contributed by atoms with E-state index in [1.807, 2.05) is 30.3 Å². The lowest BCUT2D eigenvalue weighted by Gasteiger charge is -2.40. The topological polar surface area (TPSA) is 61.4 Å². The van der Waals surface area contributed by atoms with Gasteiger partial charge in [0.2, 0.25) is 0 Å². The number of hydrogen-bond acceptors (Lipinski definition) is 3. The molecule has 3 unspecified atom stereocenters. The molecular formula is C17H22N2O2. The molecule has 2 saturated carbocycles. The largest absolute Gasteiger partial charge is 0.375 e. The van der Waals surface area contributed by atoms with Crippen molar-refractivity contribution in [2.45, 2.75) is 30.9 Å². The van der Waals surface area contributed by atoms with E-state index >= 15 is 0 Å². The van der Waals surface area contributed by atoms with Crippen LogP contribution in [0.4, 0.5) is 0 Å². The van der Waals surface area contributed by atoms with E-state index in [0.29, 0.717) is 11.8 Å². The van der Waals surface area contributed by atoms with E-state index < -0.39 is 5.60 Å². The molecule has 1 aromatic rings. The number of benzene rings is 1. The van der Waals surface area contributed by atoms with Crippen LogP contribution in [0.15, 0.2) is 30.3 Å². The van der Waals surface area contributed by atoms with E-state index in [1.54, 1.807) is 0 Å². The third-order valence-corrected chi connectivity index (χ3v) is 5.65. The van der Waals surface area contributed by atoms with Gasteiger partial charge >= 0.3 is 0 Å². The number of amides is 1. The Labute approximate surface area is 124 Å². The number of aliphatic hydroxyl groups is 1. The minimum atomic E-state index is -1.36. The Morgan fingerprint density at radius 1 is 1.19 bits per heavy atom. The molecule has 0 spiro atoms. The maximum absolute atomic E-state index is 12.8. The lowest BCUT2D eigenvalue weighted by atomic mass is 9.69. The standard InChI is InChI=1S/C17H22N2O2/c20-16(19-15-13-9-18-10-14(13)15)17(21,12-7-4-8-12)11-5-2-1-3-6-11/h1-3,5-6,12-15,18,21H,4,7-10H2,(H,19,20)/t13-,14?,15?,17?/m0/s1. The average molecular weight is 286 g/mol. The molecule has 1 amide bonds. The molecule has 4 rings (SSSR count). The van der Waals surface area contributed by atoms with Crippen molar-refractivity contribution >= 4 is 5.91 Å². The predicted octanol–water partition coefficient (Wildman–Crippen LogP) is 1.01. The van der Waals surface area contributed by atoms with Crippen molar-refractivity contribution in [2.24, 2.45) is 17.8 Å². The van der Waals surface area contributed by atoms with Crippen molar-refractivity contribution in [1.82, 2.24) is 10.6 Å². The summed E-state index contributed by atoms with van der Waals surface area (Å²) in [5.41, 5.74) is -0.625. The summed E-state index contributed by atoms with van der Waals surface area (Å²) in [6.45, 7) is 1.98. The van der Waals surface area contributed by atoms with Crippen molar-refractivity contribution in [3.63, 3.8) is 0 Å². The summed E-state index contributed by atoms with van der Waals surface area (Å²) in [5, 5.41) is 17.6. The minimum Gasteiger partial charge on any atom is -0.375 e. The maximum atomic E-state index is 12.8. The molecule has 1 aliphatic heterocycles. The molecule has 112 valence electrons. The Morgan fingerprint density at radius 2 is 1.86 bits per heavy atom. The minimum absolute atomic E-state index is 0.0524. The van der Waals surface area contributed by atoms with Gasteiger partial charge in [0.15, 0.2) is 5.60 Å².